The van der Waals surface area contributed by atoms with Crippen molar-refractivity contribution in [3.8, 4) is 10.4 Å². The molecule has 0 aliphatic rings. The van der Waals surface area contributed by atoms with E-state index in [9.17, 15) is 0 Å². The maximum atomic E-state index is 5.68. The molecule has 2 aromatic rings. The van der Waals surface area contributed by atoms with Crippen LogP contribution in [-0.4, -0.2) is 0 Å². The number of benzene rings is 1. The van der Waals surface area contributed by atoms with Gasteiger partial charge in [0.25, 0.3) is 0 Å². The van der Waals surface area contributed by atoms with Gasteiger partial charge in [0.05, 0.1) is 0 Å². The molecule has 0 amide bonds. The van der Waals surface area contributed by atoms with Crippen LogP contribution in [0.3, 0.4) is 0 Å². The molecule has 1 aromatic carbocycles. The van der Waals surface area contributed by atoms with E-state index in [0.717, 1.165) is 5.69 Å². The van der Waals surface area contributed by atoms with Crippen LogP contribution in [0.5, 0.6) is 0 Å². The molecule has 66 valence electrons. The number of nitrogen functional groups attached to an aromatic ring is 1. The zero-order chi connectivity index (χ0) is 9.26. The van der Waals surface area contributed by atoms with Gasteiger partial charge >= 0.3 is 0 Å². The molecule has 0 aliphatic carbocycles. The van der Waals surface area contributed by atoms with Crippen molar-refractivity contribution in [3.05, 3.63) is 41.3 Å². The lowest BCUT2D eigenvalue weighted by atomic mass is 10.1. The Hall–Kier alpha value is -1.28. The third-order valence-electron chi connectivity index (χ3n) is 2.04. The summed E-state index contributed by atoms with van der Waals surface area (Å²) in [5.74, 6) is 0. The number of rotatable bonds is 1. The van der Waals surface area contributed by atoms with Gasteiger partial charge in [0, 0.05) is 10.6 Å². The molecule has 13 heavy (non-hydrogen) atoms. The van der Waals surface area contributed by atoms with Gasteiger partial charge in [0.1, 0.15) is 0 Å². The number of anilines is 1. The Morgan fingerprint density at radius 1 is 1.23 bits per heavy atom. The van der Waals surface area contributed by atoms with Gasteiger partial charge in [-0.15, -0.1) is 11.3 Å². The monoisotopic (exact) mass is 189 g/mol. The van der Waals surface area contributed by atoms with Crippen molar-refractivity contribution < 1.29 is 0 Å². The summed E-state index contributed by atoms with van der Waals surface area (Å²) in [6, 6.07) is 10.2. The molecule has 0 saturated carbocycles. The Balaban J connectivity index is 2.53. The molecule has 0 bridgehead atoms. The summed E-state index contributed by atoms with van der Waals surface area (Å²) in [6.07, 6.45) is 0. The molecule has 0 saturated heterocycles. The van der Waals surface area contributed by atoms with E-state index in [2.05, 4.69) is 30.5 Å². The van der Waals surface area contributed by atoms with Crippen molar-refractivity contribution in [2.24, 2.45) is 0 Å². The van der Waals surface area contributed by atoms with Crippen molar-refractivity contribution in [1.82, 2.24) is 0 Å². The highest BCUT2D eigenvalue weighted by molar-refractivity contribution is 7.13. The minimum Gasteiger partial charge on any atom is -0.399 e. The highest BCUT2D eigenvalue weighted by Gasteiger charge is 2.01. The van der Waals surface area contributed by atoms with Crippen molar-refractivity contribution in [2.45, 2.75) is 6.92 Å². The molecule has 0 aliphatic heterocycles. The Bertz CT molecular complexity index is 404. The van der Waals surface area contributed by atoms with Crippen LogP contribution in [0.2, 0.25) is 0 Å². The SMILES string of the molecule is Cc1cc(N)ccc1-c1cccs1. The van der Waals surface area contributed by atoms with Gasteiger partial charge in [-0.25, -0.2) is 0 Å². The van der Waals surface area contributed by atoms with Crippen molar-refractivity contribution in [3.63, 3.8) is 0 Å². The summed E-state index contributed by atoms with van der Waals surface area (Å²) in [4.78, 5) is 1.30. The molecular weight excluding hydrogens is 178 g/mol. The first-order valence-corrected chi connectivity index (χ1v) is 5.05. The van der Waals surface area contributed by atoms with E-state index in [-0.39, 0.29) is 0 Å². The van der Waals surface area contributed by atoms with Gasteiger partial charge in [-0.2, -0.15) is 0 Å². The average molecular weight is 189 g/mol. The van der Waals surface area contributed by atoms with Crippen LogP contribution in [0.4, 0.5) is 5.69 Å². The highest BCUT2D eigenvalue weighted by Crippen LogP contribution is 2.28. The fourth-order valence-corrected chi connectivity index (χ4v) is 2.21. The minimum atomic E-state index is 0.831. The minimum absolute atomic E-state index is 0.831. The summed E-state index contributed by atoms with van der Waals surface area (Å²) < 4.78 is 0. The Morgan fingerprint density at radius 3 is 2.69 bits per heavy atom. The number of aryl methyl sites for hydroxylation is 1. The molecule has 0 unspecified atom stereocenters. The molecule has 0 radical (unpaired) electrons. The quantitative estimate of drug-likeness (QED) is 0.684. The summed E-state index contributed by atoms with van der Waals surface area (Å²) in [5.41, 5.74) is 9.04. The van der Waals surface area contributed by atoms with Crippen LogP contribution < -0.4 is 5.73 Å². The molecule has 1 nitrogen and oxygen atoms in total. The van der Waals surface area contributed by atoms with E-state index < -0.39 is 0 Å². The summed E-state index contributed by atoms with van der Waals surface area (Å²) in [5, 5.41) is 2.09. The van der Waals surface area contributed by atoms with Gasteiger partial charge in [-0.1, -0.05) is 12.1 Å². The average Bonchev–Trinajstić information content (AvgIpc) is 2.56. The second-order valence-corrected chi connectivity index (χ2v) is 4.00. The maximum Gasteiger partial charge on any atom is 0.0345 e. The molecule has 0 fully saturated rings. The topological polar surface area (TPSA) is 26.0 Å². The van der Waals surface area contributed by atoms with E-state index in [1.807, 2.05) is 12.1 Å². The van der Waals surface area contributed by atoms with Crippen LogP contribution in [0, 0.1) is 6.92 Å². The van der Waals surface area contributed by atoms with Gasteiger partial charge in [0.2, 0.25) is 0 Å². The standard InChI is InChI=1S/C11H11NS/c1-8-7-9(12)4-5-10(8)11-3-2-6-13-11/h2-7H,12H2,1H3. The Morgan fingerprint density at radius 2 is 2.08 bits per heavy atom. The van der Waals surface area contributed by atoms with Crippen LogP contribution >= 0.6 is 11.3 Å². The molecule has 1 heterocycles. The lowest BCUT2D eigenvalue weighted by molar-refractivity contribution is 1.48. The van der Waals surface area contributed by atoms with E-state index in [1.165, 1.54) is 16.0 Å². The van der Waals surface area contributed by atoms with Crippen LogP contribution in [-0.2, 0) is 0 Å². The molecule has 0 spiro atoms. The fraction of sp³-hybridized carbons (Fsp3) is 0.0909. The number of nitrogens with two attached hydrogens (primary N) is 1. The number of hydrogen-bond donors (Lipinski definition) is 1. The maximum absolute atomic E-state index is 5.68. The zero-order valence-electron chi connectivity index (χ0n) is 7.45. The van der Waals surface area contributed by atoms with Crippen LogP contribution in [0.1, 0.15) is 5.56 Å². The molecule has 2 heteroatoms. The normalized spacial score (nSPS) is 10.2. The van der Waals surface area contributed by atoms with Gasteiger partial charge in [-0.3, -0.25) is 0 Å². The van der Waals surface area contributed by atoms with Crippen molar-refractivity contribution >= 4 is 17.0 Å². The summed E-state index contributed by atoms with van der Waals surface area (Å²) >= 11 is 1.76. The molecular formula is C11H11NS. The zero-order valence-corrected chi connectivity index (χ0v) is 8.27. The first kappa shape index (κ1) is 8.32. The lowest BCUT2D eigenvalue weighted by Gasteiger charge is -2.03. The lowest BCUT2D eigenvalue weighted by Crippen LogP contribution is -1.86. The highest BCUT2D eigenvalue weighted by atomic mass is 32.1. The van der Waals surface area contributed by atoms with E-state index in [0.29, 0.717) is 0 Å². The van der Waals surface area contributed by atoms with Crippen LogP contribution in [0.15, 0.2) is 35.7 Å². The van der Waals surface area contributed by atoms with Gasteiger partial charge in [-0.05, 0) is 41.6 Å². The smallest absolute Gasteiger partial charge is 0.0345 e. The first-order chi connectivity index (χ1) is 6.27. The van der Waals surface area contributed by atoms with E-state index >= 15 is 0 Å². The fourth-order valence-electron chi connectivity index (χ4n) is 1.40. The molecule has 2 N–H and O–H groups in total. The number of thiophene rings is 1. The number of hydrogen-bond acceptors (Lipinski definition) is 2. The second kappa shape index (κ2) is 3.23. The van der Waals surface area contributed by atoms with E-state index in [4.69, 9.17) is 5.73 Å². The molecule has 2 rings (SSSR count). The Kier molecular flexibility index (Phi) is 2.07. The predicted molar refractivity (Wildman–Crippen MR) is 58.9 cm³/mol. The van der Waals surface area contributed by atoms with E-state index in [1.54, 1.807) is 11.3 Å². The van der Waals surface area contributed by atoms with Gasteiger partial charge < -0.3 is 5.73 Å². The first-order valence-electron chi connectivity index (χ1n) is 4.17. The molecule has 0 atom stereocenters. The molecule has 1 aromatic heterocycles. The van der Waals surface area contributed by atoms with Crippen molar-refractivity contribution in [1.29, 1.82) is 0 Å². The largest absolute Gasteiger partial charge is 0.399 e. The second-order valence-electron chi connectivity index (χ2n) is 3.05. The predicted octanol–water partition coefficient (Wildman–Crippen LogP) is 3.31. The van der Waals surface area contributed by atoms with Gasteiger partial charge in [0.15, 0.2) is 0 Å². The Labute approximate surface area is 81.8 Å². The third kappa shape index (κ3) is 1.58. The summed E-state index contributed by atoms with van der Waals surface area (Å²) in [6.45, 7) is 2.09. The van der Waals surface area contributed by atoms with Crippen LogP contribution in [0.25, 0.3) is 10.4 Å². The van der Waals surface area contributed by atoms with Crippen molar-refractivity contribution in [2.75, 3.05) is 5.73 Å². The summed E-state index contributed by atoms with van der Waals surface area (Å²) in [7, 11) is 0. The third-order valence-corrected chi connectivity index (χ3v) is 2.94.